The third-order valence-corrected chi connectivity index (χ3v) is 3.44. The predicted molar refractivity (Wildman–Crippen MR) is 77.3 cm³/mol. The summed E-state index contributed by atoms with van der Waals surface area (Å²) in [6.07, 6.45) is 0.686. The molecule has 8 heteroatoms. The number of anilines is 1. The highest BCUT2D eigenvalue weighted by Crippen LogP contribution is 2.19. The Bertz CT molecular complexity index is 590. The molecule has 2 rings (SSSR count). The van der Waals surface area contributed by atoms with E-state index in [1.165, 1.54) is 24.1 Å². The van der Waals surface area contributed by atoms with Crippen LogP contribution in [0.15, 0.2) is 24.3 Å². The lowest BCUT2D eigenvalue weighted by Gasteiger charge is -2.22. The summed E-state index contributed by atoms with van der Waals surface area (Å²) in [5, 5.41) is 9.07. The zero-order valence-corrected chi connectivity index (χ0v) is 12.0. The average Bonchev–Trinajstić information content (AvgIpc) is 3.01. The largest absolute Gasteiger partial charge is 0.478 e. The number of methoxy groups -OCH3 is 1. The van der Waals surface area contributed by atoms with E-state index in [1.807, 2.05) is 0 Å². The van der Waals surface area contributed by atoms with Gasteiger partial charge >= 0.3 is 12.1 Å². The van der Waals surface area contributed by atoms with Crippen molar-refractivity contribution >= 4 is 23.7 Å². The number of nitrogens with one attached hydrogen (secondary N) is 2. The molecule has 0 spiro atoms. The molecule has 1 heterocycles. The number of benzene rings is 1. The van der Waals surface area contributed by atoms with Gasteiger partial charge in [-0.2, -0.15) is 0 Å². The first-order chi connectivity index (χ1) is 10.5. The van der Waals surface area contributed by atoms with Crippen LogP contribution in [0.4, 0.5) is 10.5 Å². The third kappa shape index (κ3) is 3.27. The van der Waals surface area contributed by atoms with Crippen LogP contribution < -0.4 is 10.9 Å². The van der Waals surface area contributed by atoms with E-state index in [0.29, 0.717) is 19.4 Å². The van der Waals surface area contributed by atoms with Crippen LogP contribution in [0, 0.1) is 0 Å². The molecular weight excluding hydrogens is 290 g/mol. The molecule has 118 valence electrons. The second kappa shape index (κ2) is 6.79. The van der Waals surface area contributed by atoms with Crippen LogP contribution >= 0.6 is 0 Å². The summed E-state index contributed by atoms with van der Waals surface area (Å²) in [4.78, 5) is 36.2. The normalized spacial score (nSPS) is 17.0. The lowest BCUT2D eigenvalue weighted by atomic mass is 10.2. The number of hydrogen-bond acceptors (Lipinski definition) is 5. The number of amides is 2. The number of nitrogens with zero attached hydrogens (tertiary/aromatic N) is 1. The van der Waals surface area contributed by atoms with Crippen molar-refractivity contribution in [2.75, 3.05) is 19.1 Å². The molecular formula is C14H17N3O5. The molecule has 8 nitrogen and oxygen atoms in total. The number of carboxylic acid groups (broad SMARTS) is 1. The predicted octanol–water partition coefficient (Wildman–Crippen LogP) is 1.06. The average molecular weight is 307 g/mol. The molecule has 0 aromatic heterocycles. The lowest BCUT2D eigenvalue weighted by molar-refractivity contribution is -0.124. The summed E-state index contributed by atoms with van der Waals surface area (Å²) in [5.74, 6) is -1.52. The second-order valence-corrected chi connectivity index (χ2v) is 4.79. The molecule has 1 fully saturated rings. The molecule has 1 aromatic carbocycles. The minimum Gasteiger partial charge on any atom is -0.478 e. The first kappa shape index (κ1) is 15.6. The Balaban J connectivity index is 2.01. The molecule has 0 unspecified atom stereocenters. The number of likely N-dealkylation sites (tertiary alicyclic amines) is 1. The maximum absolute atomic E-state index is 12.2. The van der Waals surface area contributed by atoms with Gasteiger partial charge in [-0.25, -0.2) is 9.59 Å². The van der Waals surface area contributed by atoms with Crippen LogP contribution in [0.2, 0.25) is 0 Å². The van der Waals surface area contributed by atoms with E-state index in [1.54, 1.807) is 12.1 Å². The van der Waals surface area contributed by atoms with E-state index in [9.17, 15) is 14.4 Å². The van der Waals surface area contributed by atoms with E-state index in [0.717, 1.165) is 0 Å². The van der Waals surface area contributed by atoms with Gasteiger partial charge in [0.05, 0.1) is 18.4 Å². The smallest absolute Gasteiger partial charge is 0.410 e. The van der Waals surface area contributed by atoms with Crippen LogP contribution in [0.25, 0.3) is 0 Å². The van der Waals surface area contributed by atoms with E-state index < -0.39 is 24.0 Å². The Kier molecular flexibility index (Phi) is 4.82. The van der Waals surface area contributed by atoms with Gasteiger partial charge in [-0.1, -0.05) is 12.1 Å². The monoisotopic (exact) mass is 307 g/mol. The first-order valence-corrected chi connectivity index (χ1v) is 6.77. The second-order valence-electron chi connectivity index (χ2n) is 4.79. The Morgan fingerprint density at radius 1 is 1.32 bits per heavy atom. The van der Waals surface area contributed by atoms with Crippen molar-refractivity contribution in [1.29, 1.82) is 0 Å². The van der Waals surface area contributed by atoms with Gasteiger partial charge < -0.3 is 9.84 Å². The van der Waals surface area contributed by atoms with Gasteiger partial charge in [-0.3, -0.25) is 20.5 Å². The number of rotatable bonds is 4. The van der Waals surface area contributed by atoms with Crippen LogP contribution in [0.3, 0.4) is 0 Å². The summed E-state index contributed by atoms with van der Waals surface area (Å²) >= 11 is 0. The summed E-state index contributed by atoms with van der Waals surface area (Å²) in [6.45, 7) is 0.455. The minimum absolute atomic E-state index is 0.0408. The molecule has 0 aliphatic carbocycles. The Morgan fingerprint density at radius 2 is 2.05 bits per heavy atom. The van der Waals surface area contributed by atoms with Gasteiger partial charge in [0.25, 0.3) is 5.91 Å². The maximum Gasteiger partial charge on any atom is 0.410 e. The highest BCUT2D eigenvalue weighted by atomic mass is 16.5. The summed E-state index contributed by atoms with van der Waals surface area (Å²) < 4.78 is 4.64. The molecule has 1 aromatic rings. The van der Waals surface area contributed by atoms with E-state index in [-0.39, 0.29) is 11.3 Å². The maximum atomic E-state index is 12.2. The molecule has 1 aliphatic heterocycles. The van der Waals surface area contributed by atoms with Gasteiger partial charge in [-0.05, 0) is 25.0 Å². The van der Waals surface area contributed by atoms with Gasteiger partial charge in [0.2, 0.25) is 0 Å². The number of carboxylic acids is 1. The van der Waals surface area contributed by atoms with Crippen molar-refractivity contribution in [3.05, 3.63) is 29.8 Å². The Morgan fingerprint density at radius 3 is 2.73 bits per heavy atom. The van der Waals surface area contributed by atoms with E-state index in [4.69, 9.17) is 5.11 Å². The lowest BCUT2D eigenvalue weighted by Crippen LogP contribution is -2.47. The Hall–Kier alpha value is -2.77. The van der Waals surface area contributed by atoms with Crippen molar-refractivity contribution in [3.8, 4) is 0 Å². The molecule has 22 heavy (non-hydrogen) atoms. The van der Waals surface area contributed by atoms with Gasteiger partial charge in [0.1, 0.15) is 6.04 Å². The number of carbonyl (C=O) groups is 3. The standard InChI is InChI=1S/C14H17N3O5/c1-22-14(21)17-8-4-7-11(17)12(18)16-15-10-6-3-2-5-9(10)13(19)20/h2-3,5-6,11,15H,4,7-8H2,1H3,(H,16,18)(H,19,20)/t11-/m0/s1. The molecule has 1 atom stereocenters. The number of hydrazine groups is 1. The fourth-order valence-corrected chi connectivity index (χ4v) is 2.37. The fraction of sp³-hybridized carbons (Fsp3) is 0.357. The number of aromatic carboxylic acids is 1. The highest BCUT2D eigenvalue weighted by molar-refractivity contribution is 5.95. The first-order valence-electron chi connectivity index (χ1n) is 6.77. The van der Waals surface area contributed by atoms with Crippen molar-refractivity contribution in [3.63, 3.8) is 0 Å². The molecule has 2 amide bonds. The number of para-hydroxylation sites is 1. The summed E-state index contributed by atoms with van der Waals surface area (Å²) in [5.41, 5.74) is 5.34. The SMILES string of the molecule is COC(=O)N1CCC[C@H]1C(=O)NNc1ccccc1C(=O)O. The Labute approximate surface area is 127 Å². The zero-order valence-electron chi connectivity index (χ0n) is 12.0. The highest BCUT2D eigenvalue weighted by Gasteiger charge is 2.34. The van der Waals surface area contributed by atoms with E-state index >= 15 is 0 Å². The third-order valence-electron chi connectivity index (χ3n) is 3.44. The van der Waals surface area contributed by atoms with Crippen molar-refractivity contribution in [1.82, 2.24) is 10.3 Å². The van der Waals surface area contributed by atoms with Gasteiger partial charge in [0.15, 0.2) is 0 Å². The number of carbonyl (C=O) groups excluding carboxylic acids is 2. The molecule has 0 saturated carbocycles. The fourth-order valence-electron chi connectivity index (χ4n) is 2.37. The summed E-state index contributed by atoms with van der Waals surface area (Å²) in [7, 11) is 1.26. The minimum atomic E-state index is -1.10. The summed E-state index contributed by atoms with van der Waals surface area (Å²) in [6, 6.07) is 5.57. The molecule has 0 bridgehead atoms. The number of hydrogen-bond donors (Lipinski definition) is 3. The van der Waals surface area contributed by atoms with Gasteiger partial charge in [0, 0.05) is 6.54 Å². The molecule has 1 aliphatic rings. The quantitative estimate of drug-likeness (QED) is 0.718. The van der Waals surface area contributed by atoms with Gasteiger partial charge in [-0.15, -0.1) is 0 Å². The van der Waals surface area contributed by atoms with Crippen LogP contribution in [0.5, 0.6) is 0 Å². The number of ether oxygens (including phenoxy) is 1. The molecule has 1 saturated heterocycles. The van der Waals surface area contributed by atoms with Crippen molar-refractivity contribution in [2.24, 2.45) is 0 Å². The zero-order chi connectivity index (χ0) is 16.1. The van der Waals surface area contributed by atoms with Crippen LogP contribution in [0.1, 0.15) is 23.2 Å². The molecule has 3 N–H and O–H groups in total. The van der Waals surface area contributed by atoms with Crippen molar-refractivity contribution in [2.45, 2.75) is 18.9 Å². The van der Waals surface area contributed by atoms with E-state index in [2.05, 4.69) is 15.6 Å². The molecule has 0 radical (unpaired) electrons. The van der Waals surface area contributed by atoms with Crippen molar-refractivity contribution < 1.29 is 24.2 Å². The topological polar surface area (TPSA) is 108 Å². The van der Waals surface area contributed by atoms with Crippen LogP contribution in [-0.2, 0) is 9.53 Å². The van der Waals surface area contributed by atoms with Crippen LogP contribution in [-0.4, -0.2) is 47.7 Å².